The van der Waals surface area contributed by atoms with Crippen LogP contribution in [-0.4, -0.2) is 18.7 Å². The van der Waals surface area contributed by atoms with Crippen molar-refractivity contribution in [1.29, 1.82) is 0 Å². The Morgan fingerprint density at radius 1 is 1.13 bits per heavy atom. The van der Waals surface area contributed by atoms with Crippen LogP contribution in [0.5, 0.6) is 0 Å². The highest BCUT2D eigenvalue weighted by molar-refractivity contribution is 5.96. The van der Waals surface area contributed by atoms with Crippen LogP contribution in [0.15, 0.2) is 24.3 Å². The molecule has 2 radical (unpaired) electrons. The molecule has 0 unspecified atom stereocenters. The lowest BCUT2D eigenvalue weighted by atomic mass is 10.0. The molecule has 0 aliphatic heterocycles. The van der Waals surface area contributed by atoms with Crippen molar-refractivity contribution >= 4 is 12.1 Å². The fourth-order valence-corrected chi connectivity index (χ4v) is 1.26. The van der Waals surface area contributed by atoms with Crippen molar-refractivity contribution < 1.29 is 14.7 Å². The third-order valence-corrected chi connectivity index (χ3v) is 2.12. The predicted molar refractivity (Wildman–Crippen MR) is 55.0 cm³/mol. The summed E-state index contributed by atoms with van der Waals surface area (Å²) in [6.45, 7) is -0.133. The van der Waals surface area contributed by atoms with Crippen molar-refractivity contribution in [2.45, 2.75) is 19.3 Å². The Hall–Kier alpha value is -1.48. The molecule has 15 heavy (non-hydrogen) atoms. The first-order valence-electron chi connectivity index (χ1n) is 4.87. The second kappa shape index (κ2) is 6.09. The summed E-state index contributed by atoms with van der Waals surface area (Å²) >= 11 is 0. The van der Waals surface area contributed by atoms with Gasteiger partial charge in [-0.3, -0.25) is 9.59 Å². The van der Waals surface area contributed by atoms with Gasteiger partial charge in [-0.25, -0.2) is 5.11 Å². The molecule has 0 aliphatic carbocycles. The van der Waals surface area contributed by atoms with Gasteiger partial charge >= 0.3 is 0 Å². The molecular formula is C12H12O3. The van der Waals surface area contributed by atoms with E-state index in [1.165, 1.54) is 0 Å². The van der Waals surface area contributed by atoms with Crippen molar-refractivity contribution in [2.24, 2.45) is 0 Å². The van der Waals surface area contributed by atoms with Gasteiger partial charge in [-0.1, -0.05) is 24.3 Å². The summed E-state index contributed by atoms with van der Waals surface area (Å²) in [7, 11) is 0. The van der Waals surface area contributed by atoms with E-state index >= 15 is 0 Å². The van der Waals surface area contributed by atoms with E-state index < -0.39 is 0 Å². The van der Waals surface area contributed by atoms with E-state index in [1.54, 1.807) is 30.6 Å². The van der Waals surface area contributed by atoms with Crippen molar-refractivity contribution in [3.05, 3.63) is 35.4 Å². The van der Waals surface area contributed by atoms with Crippen molar-refractivity contribution in [3.8, 4) is 0 Å². The van der Waals surface area contributed by atoms with Gasteiger partial charge in [-0.2, -0.15) is 0 Å². The van der Waals surface area contributed by atoms with Crippen LogP contribution in [0.4, 0.5) is 0 Å². The molecule has 0 spiro atoms. The van der Waals surface area contributed by atoms with E-state index in [9.17, 15) is 14.7 Å². The number of carbonyl (C=O) groups excluding carboxylic acids is 2. The molecule has 0 fully saturated rings. The molecule has 0 aliphatic rings. The summed E-state index contributed by atoms with van der Waals surface area (Å²) in [4.78, 5) is 21.8. The highest BCUT2D eigenvalue weighted by Gasteiger charge is 2.05. The Balaban J connectivity index is 2.54. The van der Waals surface area contributed by atoms with Crippen LogP contribution >= 0.6 is 0 Å². The standard InChI is InChI=1S/C12H12O3/c13-8-2-1-3-12(15)11-6-4-10(9-14)5-7-11/h4-7H,1-3,8H2. The summed E-state index contributed by atoms with van der Waals surface area (Å²) in [6.07, 6.45) is 3.30. The highest BCUT2D eigenvalue weighted by atomic mass is 16.2. The topological polar surface area (TPSA) is 54.0 Å². The van der Waals surface area contributed by atoms with E-state index in [4.69, 9.17) is 0 Å². The van der Waals surface area contributed by atoms with E-state index in [0.717, 1.165) is 0 Å². The molecule has 3 heteroatoms. The number of hydrogen-bond donors (Lipinski definition) is 0. The minimum atomic E-state index is -0.133. The smallest absolute Gasteiger partial charge is 0.233 e. The third-order valence-electron chi connectivity index (χ3n) is 2.12. The first kappa shape index (κ1) is 11.6. The maximum atomic E-state index is 11.5. The van der Waals surface area contributed by atoms with Crippen LogP contribution < -0.4 is 0 Å². The molecule has 1 rings (SSSR count). The van der Waals surface area contributed by atoms with Crippen LogP contribution in [0, 0.1) is 0 Å². The predicted octanol–water partition coefficient (Wildman–Crippen LogP) is 1.93. The average Bonchev–Trinajstić information content (AvgIpc) is 2.29. The second-order valence-corrected chi connectivity index (χ2v) is 3.26. The first-order valence-corrected chi connectivity index (χ1v) is 4.87. The van der Waals surface area contributed by atoms with Gasteiger partial charge in [-0.15, -0.1) is 0 Å². The fraction of sp³-hybridized carbons (Fsp3) is 0.333. The summed E-state index contributed by atoms with van der Waals surface area (Å²) in [5.41, 5.74) is 1.02. The molecule has 0 aromatic heterocycles. The monoisotopic (exact) mass is 204 g/mol. The van der Waals surface area contributed by atoms with Gasteiger partial charge in [0.2, 0.25) is 6.29 Å². The number of carbonyl (C=O) groups is 1. The van der Waals surface area contributed by atoms with Crippen molar-refractivity contribution in [2.75, 3.05) is 6.61 Å². The SMILES string of the molecule is [O]CCCCC(=O)c1ccc([C]=O)cc1. The van der Waals surface area contributed by atoms with Gasteiger partial charge in [0.05, 0.1) is 6.61 Å². The fourth-order valence-electron chi connectivity index (χ4n) is 1.26. The maximum absolute atomic E-state index is 11.5. The lowest BCUT2D eigenvalue weighted by molar-refractivity contribution is 0.0974. The third kappa shape index (κ3) is 3.64. The Morgan fingerprint density at radius 2 is 1.80 bits per heavy atom. The number of hydrogen-bond acceptors (Lipinski definition) is 2. The van der Waals surface area contributed by atoms with Crippen LogP contribution in [0.2, 0.25) is 0 Å². The lowest BCUT2D eigenvalue weighted by Crippen LogP contribution is -1.99. The summed E-state index contributed by atoms with van der Waals surface area (Å²) < 4.78 is 0. The normalized spacial score (nSPS) is 9.93. The number of rotatable bonds is 6. The van der Waals surface area contributed by atoms with Crippen LogP contribution in [0.25, 0.3) is 0 Å². The zero-order chi connectivity index (χ0) is 11.1. The first-order chi connectivity index (χ1) is 7.27. The van der Waals surface area contributed by atoms with E-state index in [0.29, 0.717) is 30.4 Å². The lowest BCUT2D eigenvalue weighted by Gasteiger charge is -1.99. The Bertz CT molecular complexity index is 327. The van der Waals surface area contributed by atoms with E-state index in [1.807, 2.05) is 0 Å². The van der Waals surface area contributed by atoms with Crippen LogP contribution in [0.3, 0.4) is 0 Å². The Kier molecular flexibility index (Phi) is 4.71. The number of unbranched alkanes of at least 4 members (excludes halogenated alkanes) is 1. The number of ketones is 1. The average molecular weight is 204 g/mol. The molecule has 1 aromatic carbocycles. The van der Waals surface area contributed by atoms with Gasteiger partial charge in [0.25, 0.3) is 0 Å². The maximum Gasteiger partial charge on any atom is 0.233 e. The Morgan fingerprint density at radius 3 is 2.33 bits per heavy atom. The minimum absolute atomic E-state index is 0.0147. The molecule has 3 nitrogen and oxygen atoms in total. The molecule has 78 valence electrons. The van der Waals surface area contributed by atoms with Crippen LogP contribution in [-0.2, 0) is 9.90 Å². The molecule has 0 saturated carbocycles. The van der Waals surface area contributed by atoms with Gasteiger partial charge in [0.1, 0.15) is 0 Å². The van der Waals surface area contributed by atoms with Crippen LogP contribution in [0.1, 0.15) is 35.2 Å². The summed E-state index contributed by atoms with van der Waals surface area (Å²) in [6, 6.07) is 6.35. The van der Waals surface area contributed by atoms with Crippen molar-refractivity contribution in [3.63, 3.8) is 0 Å². The van der Waals surface area contributed by atoms with E-state index in [2.05, 4.69) is 0 Å². The van der Waals surface area contributed by atoms with Crippen molar-refractivity contribution in [1.82, 2.24) is 0 Å². The number of Topliss-reactive ketones (excluding diaryl/α,β-unsaturated/α-hetero) is 1. The largest absolute Gasteiger partial charge is 0.294 e. The molecular weight excluding hydrogens is 192 g/mol. The van der Waals surface area contributed by atoms with Gasteiger partial charge < -0.3 is 0 Å². The molecule has 0 N–H and O–H groups in total. The molecule has 0 amide bonds. The number of benzene rings is 1. The minimum Gasteiger partial charge on any atom is -0.294 e. The van der Waals surface area contributed by atoms with Gasteiger partial charge in [0.15, 0.2) is 5.78 Å². The summed E-state index contributed by atoms with van der Waals surface area (Å²) in [5.74, 6) is 0.0147. The zero-order valence-electron chi connectivity index (χ0n) is 8.36. The molecule has 0 heterocycles. The Labute approximate surface area is 88.7 Å². The highest BCUT2D eigenvalue weighted by Crippen LogP contribution is 2.08. The zero-order valence-corrected chi connectivity index (χ0v) is 8.36. The quantitative estimate of drug-likeness (QED) is 0.525. The molecule has 1 aromatic rings. The van der Waals surface area contributed by atoms with Gasteiger partial charge in [-0.05, 0) is 12.8 Å². The van der Waals surface area contributed by atoms with Gasteiger partial charge in [0, 0.05) is 17.5 Å². The molecule has 0 bridgehead atoms. The van der Waals surface area contributed by atoms with E-state index in [-0.39, 0.29) is 12.4 Å². The molecule has 0 atom stereocenters. The molecule has 0 saturated heterocycles. The summed E-state index contributed by atoms with van der Waals surface area (Å²) in [5, 5.41) is 10.2. The second-order valence-electron chi connectivity index (χ2n) is 3.26.